The van der Waals surface area contributed by atoms with Crippen LogP contribution in [0.5, 0.6) is 0 Å². The van der Waals surface area contributed by atoms with Crippen LogP contribution in [-0.4, -0.2) is 54.8 Å². The quantitative estimate of drug-likeness (QED) is 0.694. The highest BCUT2D eigenvalue weighted by Crippen LogP contribution is 2.43. The second kappa shape index (κ2) is 7.61. The van der Waals surface area contributed by atoms with Crippen LogP contribution in [0.1, 0.15) is 33.1 Å². The van der Waals surface area contributed by atoms with Crippen LogP contribution in [0.4, 0.5) is 0 Å². The van der Waals surface area contributed by atoms with Crippen LogP contribution in [0.15, 0.2) is 0 Å². The highest BCUT2D eigenvalue weighted by atomic mass is 31.2. The maximum absolute atomic E-state index is 11.8. The Balaban J connectivity index is 2.26. The Morgan fingerprint density at radius 1 is 1.50 bits per heavy atom. The van der Waals surface area contributed by atoms with Crippen molar-refractivity contribution in [2.75, 3.05) is 32.8 Å². The first-order valence-electron chi connectivity index (χ1n) is 6.86. The molecule has 0 aromatic rings. The van der Waals surface area contributed by atoms with Crippen molar-refractivity contribution in [3.05, 3.63) is 0 Å². The highest BCUT2D eigenvalue weighted by Gasteiger charge is 2.25. The summed E-state index contributed by atoms with van der Waals surface area (Å²) in [5, 5.41) is 3.27. The zero-order chi connectivity index (χ0) is 13.6. The lowest BCUT2D eigenvalue weighted by molar-refractivity contribution is 0.175. The van der Waals surface area contributed by atoms with E-state index in [2.05, 4.69) is 10.2 Å². The zero-order valence-electron chi connectivity index (χ0n) is 11.8. The summed E-state index contributed by atoms with van der Waals surface area (Å²) >= 11 is 0. The molecule has 0 amide bonds. The van der Waals surface area contributed by atoms with E-state index < -0.39 is 7.60 Å². The van der Waals surface area contributed by atoms with Crippen molar-refractivity contribution in [1.29, 1.82) is 0 Å². The summed E-state index contributed by atoms with van der Waals surface area (Å²) in [4.78, 5) is 12.0. The molecule has 1 fully saturated rings. The molecule has 1 heterocycles. The third-order valence-electron chi connectivity index (χ3n) is 3.61. The standard InChI is InChI=1S/C12H27N2O3P/c1-4-11(2)17-18(15,16)10-9-14-7-5-12(13-3)6-8-14/h11-13H,4-10H2,1-3H3,(H,15,16). The fraction of sp³-hybridized carbons (Fsp3) is 1.00. The first kappa shape index (κ1) is 16.1. The Morgan fingerprint density at radius 3 is 2.61 bits per heavy atom. The number of hydrogen-bond donors (Lipinski definition) is 2. The first-order valence-corrected chi connectivity index (χ1v) is 8.63. The summed E-state index contributed by atoms with van der Waals surface area (Å²) in [6.45, 7) is 6.43. The highest BCUT2D eigenvalue weighted by molar-refractivity contribution is 7.52. The molecule has 0 radical (unpaired) electrons. The van der Waals surface area contributed by atoms with Crippen LogP contribution in [0.25, 0.3) is 0 Å². The minimum Gasteiger partial charge on any atom is -0.324 e. The topological polar surface area (TPSA) is 61.8 Å². The van der Waals surface area contributed by atoms with Gasteiger partial charge in [0.15, 0.2) is 0 Å². The van der Waals surface area contributed by atoms with Gasteiger partial charge in [-0.25, -0.2) is 0 Å². The van der Waals surface area contributed by atoms with Gasteiger partial charge in [-0.3, -0.25) is 4.57 Å². The molecular weight excluding hydrogens is 251 g/mol. The lowest BCUT2D eigenvalue weighted by Crippen LogP contribution is -2.42. The second-order valence-electron chi connectivity index (χ2n) is 5.09. The van der Waals surface area contributed by atoms with E-state index in [-0.39, 0.29) is 12.3 Å². The molecule has 0 saturated carbocycles. The average Bonchev–Trinajstić information content (AvgIpc) is 2.36. The van der Waals surface area contributed by atoms with Gasteiger partial charge in [-0.1, -0.05) is 6.92 Å². The van der Waals surface area contributed by atoms with Crippen molar-refractivity contribution in [3.63, 3.8) is 0 Å². The lowest BCUT2D eigenvalue weighted by atomic mass is 10.1. The van der Waals surface area contributed by atoms with Gasteiger partial charge in [-0.05, 0) is 46.3 Å². The number of rotatable bonds is 7. The first-order chi connectivity index (χ1) is 8.46. The van der Waals surface area contributed by atoms with Crippen LogP contribution in [0, 0.1) is 0 Å². The minimum absolute atomic E-state index is 0.143. The van der Waals surface area contributed by atoms with E-state index in [0.717, 1.165) is 32.4 Å². The van der Waals surface area contributed by atoms with Crippen LogP contribution >= 0.6 is 7.60 Å². The Morgan fingerprint density at radius 2 is 2.11 bits per heavy atom. The Bertz CT molecular complexity index is 280. The second-order valence-corrected chi connectivity index (χ2v) is 7.02. The molecule has 0 spiro atoms. The molecule has 2 N–H and O–H groups in total. The summed E-state index contributed by atoms with van der Waals surface area (Å²) in [7, 11) is -1.42. The number of piperidine rings is 1. The van der Waals surface area contributed by atoms with Gasteiger partial charge in [0.05, 0.1) is 12.3 Å². The maximum Gasteiger partial charge on any atom is 0.329 e. The van der Waals surface area contributed by atoms with E-state index in [1.54, 1.807) is 0 Å². The maximum atomic E-state index is 11.8. The summed E-state index contributed by atoms with van der Waals surface area (Å²) in [5.74, 6) is 0. The normalized spacial score (nSPS) is 23.8. The molecule has 0 aliphatic carbocycles. The van der Waals surface area contributed by atoms with E-state index in [4.69, 9.17) is 4.52 Å². The Hall–Kier alpha value is 0.0700. The summed E-state index contributed by atoms with van der Waals surface area (Å²) < 4.78 is 17.0. The molecule has 0 bridgehead atoms. The lowest BCUT2D eigenvalue weighted by Gasteiger charge is -2.32. The average molecular weight is 278 g/mol. The van der Waals surface area contributed by atoms with Crippen molar-refractivity contribution in [3.8, 4) is 0 Å². The predicted octanol–water partition coefficient (Wildman–Crippen LogP) is 1.67. The molecule has 5 nitrogen and oxygen atoms in total. The molecule has 6 heteroatoms. The fourth-order valence-corrected chi connectivity index (χ4v) is 3.47. The molecule has 0 aromatic heterocycles. The Kier molecular flexibility index (Phi) is 6.82. The van der Waals surface area contributed by atoms with Crippen molar-refractivity contribution >= 4 is 7.60 Å². The van der Waals surface area contributed by atoms with Crippen molar-refractivity contribution in [2.24, 2.45) is 0 Å². The van der Waals surface area contributed by atoms with Gasteiger partial charge in [0, 0.05) is 12.6 Å². The van der Waals surface area contributed by atoms with Gasteiger partial charge in [0.1, 0.15) is 0 Å². The molecule has 1 rings (SSSR count). The molecule has 18 heavy (non-hydrogen) atoms. The van der Waals surface area contributed by atoms with E-state index in [1.807, 2.05) is 20.9 Å². The molecule has 1 aliphatic rings. The fourth-order valence-electron chi connectivity index (χ4n) is 2.12. The molecule has 108 valence electrons. The number of hydrogen-bond acceptors (Lipinski definition) is 4. The third kappa shape index (κ3) is 5.81. The van der Waals surface area contributed by atoms with Gasteiger partial charge in [0.25, 0.3) is 0 Å². The summed E-state index contributed by atoms with van der Waals surface area (Å²) in [6, 6.07) is 0.596. The monoisotopic (exact) mass is 278 g/mol. The van der Waals surface area contributed by atoms with E-state index in [0.29, 0.717) is 12.6 Å². The zero-order valence-corrected chi connectivity index (χ0v) is 12.7. The van der Waals surface area contributed by atoms with Crippen LogP contribution in [0.2, 0.25) is 0 Å². The van der Waals surface area contributed by atoms with Crippen molar-refractivity contribution < 1.29 is 14.0 Å². The van der Waals surface area contributed by atoms with Crippen LogP contribution in [0.3, 0.4) is 0 Å². The SMILES string of the molecule is CCC(C)OP(=O)(O)CCN1CCC(NC)CC1. The number of nitrogens with zero attached hydrogens (tertiary/aromatic N) is 1. The van der Waals surface area contributed by atoms with Crippen molar-refractivity contribution in [1.82, 2.24) is 10.2 Å². The van der Waals surface area contributed by atoms with Gasteiger partial charge < -0.3 is 19.6 Å². The largest absolute Gasteiger partial charge is 0.329 e. The Labute approximate surface area is 110 Å². The van der Waals surface area contributed by atoms with Gasteiger partial charge in [0.2, 0.25) is 0 Å². The molecule has 2 unspecified atom stereocenters. The number of nitrogens with one attached hydrogen (secondary N) is 1. The van der Waals surface area contributed by atoms with E-state index >= 15 is 0 Å². The van der Waals surface area contributed by atoms with Crippen LogP contribution in [-0.2, 0) is 9.09 Å². The summed E-state index contributed by atoms with van der Waals surface area (Å²) in [6.07, 6.45) is 3.08. The minimum atomic E-state index is -3.41. The predicted molar refractivity (Wildman–Crippen MR) is 74.1 cm³/mol. The van der Waals surface area contributed by atoms with Gasteiger partial charge in [-0.2, -0.15) is 0 Å². The smallest absolute Gasteiger partial charge is 0.324 e. The number of likely N-dealkylation sites (tertiary alicyclic amines) is 1. The molecule has 0 aromatic carbocycles. The van der Waals surface area contributed by atoms with E-state index in [1.165, 1.54) is 0 Å². The van der Waals surface area contributed by atoms with Gasteiger partial charge >= 0.3 is 7.60 Å². The van der Waals surface area contributed by atoms with E-state index in [9.17, 15) is 9.46 Å². The molecule has 1 saturated heterocycles. The van der Waals surface area contributed by atoms with Crippen molar-refractivity contribution in [2.45, 2.75) is 45.3 Å². The summed E-state index contributed by atoms with van der Waals surface area (Å²) in [5.41, 5.74) is 0. The molecular formula is C12H27N2O3P. The third-order valence-corrected chi connectivity index (χ3v) is 5.07. The van der Waals surface area contributed by atoms with Crippen LogP contribution < -0.4 is 5.32 Å². The van der Waals surface area contributed by atoms with Gasteiger partial charge in [-0.15, -0.1) is 0 Å². The molecule has 2 atom stereocenters. The molecule has 1 aliphatic heterocycles.